The van der Waals surface area contributed by atoms with Crippen molar-refractivity contribution in [1.29, 1.82) is 0 Å². The van der Waals surface area contributed by atoms with Crippen LogP contribution in [0.1, 0.15) is 17.3 Å². The molecule has 2 rings (SSSR count). The summed E-state index contributed by atoms with van der Waals surface area (Å²) in [5.74, 6) is 0.360. The summed E-state index contributed by atoms with van der Waals surface area (Å²) < 4.78 is 0. The van der Waals surface area contributed by atoms with Gasteiger partial charge in [0.15, 0.2) is 0 Å². The van der Waals surface area contributed by atoms with Crippen molar-refractivity contribution >= 4 is 29.0 Å². The molecule has 0 aromatic heterocycles. The Labute approximate surface area is 118 Å². The van der Waals surface area contributed by atoms with Crippen LogP contribution in [0.3, 0.4) is 0 Å². The Balaban J connectivity index is 2.42. The molecule has 0 aliphatic carbocycles. The molecule has 1 amide bonds. The zero-order chi connectivity index (χ0) is 14.9. The second-order valence-electron chi connectivity index (χ2n) is 4.22. The molecule has 0 bridgehead atoms. The predicted octanol–water partition coefficient (Wildman–Crippen LogP) is 2.04. The third-order valence-electron chi connectivity index (χ3n) is 2.96. The quantitative estimate of drug-likeness (QED) is 0.624. The van der Waals surface area contributed by atoms with Gasteiger partial charge < -0.3 is 4.90 Å². The maximum absolute atomic E-state index is 12.3. The van der Waals surface area contributed by atoms with Crippen LogP contribution in [0.4, 0.5) is 11.4 Å². The van der Waals surface area contributed by atoms with E-state index in [1.54, 1.807) is 16.7 Å². The van der Waals surface area contributed by atoms with Crippen LogP contribution in [0.25, 0.3) is 0 Å². The van der Waals surface area contributed by atoms with E-state index in [1.165, 1.54) is 0 Å². The van der Waals surface area contributed by atoms with Gasteiger partial charge >= 0.3 is 0 Å². The second-order valence-corrected chi connectivity index (χ2v) is 5.64. The van der Waals surface area contributed by atoms with E-state index in [9.17, 15) is 25.0 Å². The summed E-state index contributed by atoms with van der Waals surface area (Å²) in [5.41, 5.74) is -0.940. The normalized spacial score (nSPS) is 18.1. The van der Waals surface area contributed by atoms with Crippen LogP contribution in [0.15, 0.2) is 18.2 Å². The number of nitro benzene ring substituents is 2. The lowest BCUT2D eigenvalue weighted by Gasteiger charge is -2.20. The minimum Gasteiger partial charge on any atom is -0.326 e. The highest BCUT2D eigenvalue weighted by Crippen LogP contribution is 2.28. The Morgan fingerprint density at radius 2 is 1.80 bits per heavy atom. The SMILES string of the molecule is CC1SCCN1C(=O)c1cc([N+](=O)[O-])cc([N+](=O)[O-])c1. The molecule has 20 heavy (non-hydrogen) atoms. The molecule has 8 nitrogen and oxygen atoms in total. The molecular formula is C11H11N3O5S. The van der Waals surface area contributed by atoms with Crippen LogP contribution in [0.5, 0.6) is 0 Å². The van der Waals surface area contributed by atoms with E-state index in [-0.39, 0.29) is 10.9 Å². The number of hydrogen-bond acceptors (Lipinski definition) is 6. The molecule has 1 saturated heterocycles. The van der Waals surface area contributed by atoms with Crippen LogP contribution in [-0.4, -0.2) is 38.3 Å². The van der Waals surface area contributed by atoms with Crippen molar-refractivity contribution in [3.8, 4) is 0 Å². The summed E-state index contributed by atoms with van der Waals surface area (Å²) in [7, 11) is 0. The molecule has 1 atom stereocenters. The van der Waals surface area contributed by atoms with Crippen LogP contribution in [0.2, 0.25) is 0 Å². The van der Waals surface area contributed by atoms with Gasteiger partial charge in [0.25, 0.3) is 17.3 Å². The minimum atomic E-state index is -0.744. The first kappa shape index (κ1) is 14.3. The molecule has 0 saturated carbocycles. The number of benzene rings is 1. The van der Waals surface area contributed by atoms with E-state index in [0.29, 0.717) is 6.54 Å². The van der Waals surface area contributed by atoms with E-state index >= 15 is 0 Å². The molecule has 1 fully saturated rings. The third-order valence-corrected chi connectivity index (χ3v) is 4.12. The molecule has 0 radical (unpaired) electrons. The van der Waals surface area contributed by atoms with Crippen molar-refractivity contribution in [3.63, 3.8) is 0 Å². The predicted molar refractivity (Wildman–Crippen MR) is 72.7 cm³/mol. The minimum absolute atomic E-state index is 0.0275. The Morgan fingerprint density at radius 1 is 1.25 bits per heavy atom. The third kappa shape index (κ3) is 2.72. The van der Waals surface area contributed by atoms with Gasteiger partial charge in [-0.05, 0) is 6.92 Å². The molecule has 0 spiro atoms. The lowest BCUT2D eigenvalue weighted by atomic mass is 10.1. The molecule has 1 aliphatic heterocycles. The first-order valence-electron chi connectivity index (χ1n) is 5.76. The molecule has 1 aromatic rings. The maximum Gasteiger partial charge on any atom is 0.277 e. The summed E-state index contributed by atoms with van der Waals surface area (Å²) in [4.78, 5) is 33.9. The van der Waals surface area contributed by atoms with Gasteiger partial charge in [-0.15, -0.1) is 11.8 Å². The van der Waals surface area contributed by atoms with Gasteiger partial charge in [0.1, 0.15) is 0 Å². The van der Waals surface area contributed by atoms with Crippen molar-refractivity contribution in [3.05, 3.63) is 44.0 Å². The molecule has 1 heterocycles. The van der Waals surface area contributed by atoms with E-state index in [4.69, 9.17) is 0 Å². The van der Waals surface area contributed by atoms with Crippen molar-refractivity contribution in [2.75, 3.05) is 12.3 Å². The summed E-state index contributed by atoms with van der Waals surface area (Å²) >= 11 is 1.59. The highest BCUT2D eigenvalue weighted by atomic mass is 32.2. The smallest absolute Gasteiger partial charge is 0.277 e. The van der Waals surface area contributed by atoms with Crippen LogP contribution >= 0.6 is 11.8 Å². The van der Waals surface area contributed by atoms with Gasteiger partial charge in [0.05, 0.1) is 26.9 Å². The fourth-order valence-electron chi connectivity index (χ4n) is 1.96. The molecule has 1 aliphatic rings. The standard InChI is InChI=1S/C11H11N3O5S/c1-7-12(2-3-20-7)11(15)8-4-9(13(16)17)6-10(5-8)14(18)19/h4-7H,2-3H2,1H3. The summed E-state index contributed by atoms with van der Waals surface area (Å²) in [6, 6.07) is 3.00. The Bertz CT molecular complexity index is 559. The number of amides is 1. The zero-order valence-corrected chi connectivity index (χ0v) is 11.3. The largest absolute Gasteiger partial charge is 0.326 e. The number of nitro groups is 2. The average molecular weight is 297 g/mol. The van der Waals surface area contributed by atoms with Gasteiger partial charge in [-0.25, -0.2) is 0 Å². The zero-order valence-electron chi connectivity index (χ0n) is 10.5. The molecule has 1 aromatic carbocycles. The Morgan fingerprint density at radius 3 is 2.20 bits per heavy atom. The van der Waals surface area contributed by atoms with E-state index < -0.39 is 27.1 Å². The second kappa shape index (κ2) is 5.45. The van der Waals surface area contributed by atoms with Gasteiger partial charge in [0.2, 0.25) is 0 Å². The van der Waals surface area contributed by atoms with Crippen LogP contribution < -0.4 is 0 Å². The number of nitrogens with zero attached hydrogens (tertiary/aromatic N) is 3. The first-order valence-corrected chi connectivity index (χ1v) is 6.81. The molecule has 9 heteroatoms. The number of thioether (sulfide) groups is 1. The molecule has 0 N–H and O–H groups in total. The van der Waals surface area contributed by atoms with Crippen molar-refractivity contribution in [2.24, 2.45) is 0 Å². The van der Waals surface area contributed by atoms with Gasteiger partial charge in [0, 0.05) is 24.4 Å². The monoisotopic (exact) mass is 297 g/mol. The number of rotatable bonds is 3. The first-order chi connectivity index (χ1) is 9.40. The number of hydrogen-bond donors (Lipinski definition) is 0. The Kier molecular flexibility index (Phi) is 3.89. The number of carbonyl (C=O) groups is 1. The van der Waals surface area contributed by atoms with Gasteiger partial charge in [-0.1, -0.05) is 0 Å². The molecule has 106 valence electrons. The highest BCUT2D eigenvalue weighted by molar-refractivity contribution is 8.00. The molecule has 1 unspecified atom stereocenters. The van der Waals surface area contributed by atoms with E-state index in [0.717, 1.165) is 24.0 Å². The maximum atomic E-state index is 12.3. The summed E-state index contributed by atoms with van der Waals surface area (Å²) in [6.07, 6.45) is 0. The van der Waals surface area contributed by atoms with E-state index in [2.05, 4.69) is 0 Å². The average Bonchev–Trinajstić information content (AvgIpc) is 2.83. The van der Waals surface area contributed by atoms with Gasteiger partial charge in [-0.2, -0.15) is 0 Å². The number of carbonyl (C=O) groups excluding carboxylic acids is 1. The fourth-order valence-corrected chi connectivity index (χ4v) is 2.98. The summed E-state index contributed by atoms with van der Waals surface area (Å²) in [5, 5.41) is 21.5. The summed E-state index contributed by atoms with van der Waals surface area (Å²) in [6.45, 7) is 2.38. The van der Waals surface area contributed by atoms with Crippen molar-refractivity contribution < 1.29 is 14.6 Å². The van der Waals surface area contributed by atoms with Crippen molar-refractivity contribution in [1.82, 2.24) is 4.90 Å². The lowest BCUT2D eigenvalue weighted by Crippen LogP contribution is -2.33. The highest BCUT2D eigenvalue weighted by Gasteiger charge is 2.29. The van der Waals surface area contributed by atoms with E-state index in [1.807, 2.05) is 6.92 Å². The van der Waals surface area contributed by atoms with Gasteiger partial charge in [-0.3, -0.25) is 25.0 Å². The van der Waals surface area contributed by atoms with Crippen LogP contribution in [0, 0.1) is 20.2 Å². The fraction of sp³-hybridized carbons (Fsp3) is 0.364. The Hall–Kier alpha value is -2.16. The molecular weight excluding hydrogens is 286 g/mol. The van der Waals surface area contributed by atoms with Crippen molar-refractivity contribution in [2.45, 2.75) is 12.3 Å². The lowest BCUT2D eigenvalue weighted by molar-refractivity contribution is -0.394. The topological polar surface area (TPSA) is 107 Å². The van der Waals surface area contributed by atoms with Crippen LogP contribution in [-0.2, 0) is 0 Å². The number of non-ortho nitro benzene ring substituents is 2.